The van der Waals surface area contributed by atoms with Crippen molar-refractivity contribution in [2.75, 3.05) is 25.6 Å². The summed E-state index contributed by atoms with van der Waals surface area (Å²) in [4.78, 5) is 12.3. The van der Waals surface area contributed by atoms with E-state index in [1.54, 1.807) is 7.11 Å². The fourth-order valence-corrected chi connectivity index (χ4v) is 4.56. The number of thiophene rings is 1. The molecule has 0 amide bonds. The van der Waals surface area contributed by atoms with E-state index in [4.69, 9.17) is 14.7 Å². The molecule has 2 aliphatic rings. The van der Waals surface area contributed by atoms with Crippen molar-refractivity contribution in [1.29, 1.82) is 0 Å². The predicted molar refractivity (Wildman–Crippen MR) is 92.4 cm³/mol. The van der Waals surface area contributed by atoms with E-state index in [-0.39, 0.29) is 0 Å². The summed E-state index contributed by atoms with van der Waals surface area (Å²) < 4.78 is 5.01. The fourth-order valence-electron chi connectivity index (χ4n) is 3.29. The first-order valence-electron chi connectivity index (χ1n) is 8.49. The first-order chi connectivity index (χ1) is 11.3. The summed E-state index contributed by atoms with van der Waals surface area (Å²) in [7, 11) is 1.60. The number of hydrogen-bond donors (Lipinski definition) is 2. The van der Waals surface area contributed by atoms with Gasteiger partial charge in [-0.15, -0.1) is 11.3 Å². The number of anilines is 1. The number of aliphatic hydroxyl groups is 1. The highest BCUT2D eigenvalue weighted by molar-refractivity contribution is 7.19. The van der Waals surface area contributed by atoms with Gasteiger partial charge in [-0.1, -0.05) is 0 Å². The number of methoxy groups -OCH3 is 1. The van der Waals surface area contributed by atoms with Gasteiger partial charge < -0.3 is 15.2 Å². The van der Waals surface area contributed by atoms with Crippen LogP contribution in [0.25, 0.3) is 10.2 Å². The highest BCUT2D eigenvalue weighted by Crippen LogP contribution is 2.43. The van der Waals surface area contributed by atoms with Gasteiger partial charge in [-0.05, 0) is 44.1 Å². The zero-order chi connectivity index (χ0) is 15.8. The van der Waals surface area contributed by atoms with E-state index in [2.05, 4.69) is 5.32 Å². The number of fused-ring (bicyclic) bond motifs is 3. The lowest BCUT2D eigenvalue weighted by Gasteiger charge is -2.15. The molecule has 5 nitrogen and oxygen atoms in total. The average Bonchev–Trinajstić information content (AvgIpc) is 3.33. The maximum Gasteiger partial charge on any atom is 0.138 e. The zero-order valence-corrected chi connectivity index (χ0v) is 14.3. The molecular weight excluding hydrogens is 310 g/mol. The summed E-state index contributed by atoms with van der Waals surface area (Å²) in [6.45, 7) is 0.785. The second-order valence-corrected chi connectivity index (χ2v) is 7.67. The summed E-state index contributed by atoms with van der Waals surface area (Å²) >= 11 is 1.84. The molecule has 2 N–H and O–H groups in total. The lowest BCUT2D eigenvalue weighted by Crippen LogP contribution is -2.24. The van der Waals surface area contributed by atoms with Crippen molar-refractivity contribution in [2.45, 2.75) is 50.5 Å². The molecule has 0 saturated heterocycles. The van der Waals surface area contributed by atoms with E-state index in [1.165, 1.54) is 47.9 Å². The molecule has 124 valence electrons. The Labute approximate surface area is 140 Å². The van der Waals surface area contributed by atoms with Gasteiger partial charge in [0.2, 0.25) is 0 Å². The van der Waals surface area contributed by atoms with E-state index in [9.17, 15) is 5.11 Å². The summed E-state index contributed by atoms with van der Waals surface area (Å²) in [5.41, 5.74) is 1.43. The first kappa shape index (κ1) is 15.3. The third kappa shape index (κ3) is 3.07. The maximum atomic E-state index is 9.93. The summed E-state index contributed by atoms with van der Waals surface area (Å²) in [5.74, 6) is 2.41. The molecule has 2 heterocycles. The van der Waals surface area contributed by atoms with Crippen LogP contribution >= 0.6 is 11.3 Å². The van der Waals surface area contributed by atoms with Gasteiger partial charge in [0, 0.05) is 24.4 Å². The normalized spacial score (nSPS) is 18.9. The minimum Gasteiger partial charge on any atom is -0.389 e. The Kier molecular flexibility index (Phi) is 4.22. The smallest absolute Gasteiger partial charge is 0.138 e. The highest BCUT2D eigenvalue weighted by Gasteiger charge is 2.29. The predicted octanol–water partition coefficient (Wildman–Crippen LogP) is 2.87. The maximum absolute atomic E-state index is 9.93. The van der Waals surface area contributed by atoms with Crippen LogP contribution in [0.3, 0.4) is 0 Å². The summed E-state index contributed by atoms with van der Waals surface area (Å²) in [6, 6.07) is 0. The number of aryl methyl sites for hydroxylation is 2. The number of hydrogen-bond acceptors (Lipinski definition) is 6. The van der Waals surface area contributed by atoms with Crippen LogP contribution in [0.15, 0.2) is 0 Å². The Morgan fingerprint density at radius 1 is 1.30 bits per heavy atom. The number of ether oxygens (including phenoxy) is 1. The molecule has 0 spiro atoms. The lowest BCUT2D eigenvalue weighted by atomic mass is 9.97. The Bertz CT molecular complexity index is 711. The third-order valence-corrected chi connectivity index (χ3v) is 5.82. The van der Waals surface area contributed by atoms with Crippen LogP contribution in [-0.4, -0.2) is 41.4 Å². The van der Waals surface area contributed by atoms with E-state index in [0.717, 1.165) is 22.9 Å². The number of rotatable bonds is 6. The zero-order valence-electron chi connectivity index (χ0n) is 13.5. The minimum atomic E-state index is -0.524. The van der Waals surface area contributed by atoms with Gasteiger partial charge in [-0.25, -0.2) is 9.97 Å². The number of nitrogens with one attached hydrogen (secondary N) is 1. The third-order valence-electron chi connectivity index (χ3n) is 4.64. The molecule has 0 bridgehead atoms. The van der Waals surface area contributed by atoms with Crippen LogP contribution < -0.4 is 5.32 Å². The van der Waals surface area contributed by atoms with Gasteiger partial charge in [0.15, 0.2) is 0 Å². The molecule has 4 rings (SSSR count). The van der Waals surface area contributed by atoms with Gasteiger partial charge in [0.1, 0.15) is 16.5 Å². The van der Waals surface area contributed by atoms with Crippen molar-refractivity contribution in [3.63, 3.8) is 0 Å². The number of aromatic nitrogens is 2. The molecule has 1 atom stereocenters. The molecule has 0 radical (unpaired) electrons. The highest BCUT2D eigenvalue weighted by atomic mass is 32.1. The number of nitrogens with zero attached hydrogens (tertiary/aromatic N) is 2. The van der Waals surface area contributed by atoms with Gasteiger partial charge in [-0.3, -0.25) is 0 Å². The van der Waals surface area contributed by atoms with Crippen molar-refractivity contribution in [1.82, 2.24) is 9.97 Å². The minimum absolute atomic E-state index is 0.332. The van der Waals surface area contributed by atoms with Gasteiger partial charge in [-0.2, -0.15) is 0 Å². The van der Waals surface area contributed by atoms with E-state index >= 15 is 0 Å². The molecule has 23 heavy (non-hydrogen) atoms. The first-order valence-corrected chi connectivity index (χ1v) is 9.31. The van der Waals surface area contributed by atoms with Crippen LogP contribution in [0.2, 0.25) is 0 Å². The summed E-state index contributed by atoms with van der Waals surface area (Å²) in [5, 5.41) is 14.5. The lowest BCUT2D eigenvalue weighted by molar-refractivity contribution is 0.0727. The second-order valence-electron chi connectivity index (χ2n) is 6.59. The topological polar surface area (TPSA) is 67.3 Å². The van der Waals surface area contributed by atoms with Crippen LogP contribution in [0.4, 0.5) is 5.82 Å². The second kappa shape index (κ2) is 6.34. The molecule has 2 aromatic heterocycles. The van der Waals surface area contributed by atoms with Gasteiger partial charge in [0.25, 0.3) is 0 Å². The molecule has 0 aromatic carbocycles. The van der Waals surface area contributed by atoms with Crippen LogP contribution in [0.5, 0.6) is 0 Å². The van der Waals surface area contributed by atoms with Crippen molar-refractivity contribution in [3.05, 3.63) is 16.3 Å². The largest absolute Gasteiger partial charge is 0.389 e. The van der Waals surface area contributed by atoms with E-state index in [1.807, 2.05) is 11.3 Å². The Balaban J connectivity index is 1.71. The monoisotopic (exact) mass is 333 g/mol. The van der Waals surface area contributed by atoms with Crippen LogP contribution in [0.1, 0.15) is 47.9 Å². The van der Waals surface area contributed by atoms with Gasteiger partial charge >= 0.3 is 0 Å². The molecule has 1 unspecified atom stereocenters. The molecular formula is C17H23N3O2S. The van der Waals surface area contributed by atoms with E-state index in [0.29, 0.717) is 19.1 Å². The van der Waals surface area contributed by atoms with Crippen molar-refractivity contribution in [2.24, 2.45) is 0 Å². The van der Waals surface area contributed by atoms with Crippen molar-refractivity contribution < 1.29 is 9.84 Å². The molecule has 0 aliphatic heterocycles. The Morgan fingerprint density at radius 2 is 2.13 bits per heavy atom. The molecule has 6 heteroatoms. The van der Waals surface area contributed by atoms with Gasteiger partial charge in [0.05, 0.1) is 18.1 Å². The summed E-state index contributed by atoms with van der Waals surface area (Å²) in [6.07, 6.45) is 6.68. The van der Waals surface area contributed by atoms with Crippen molar-refractivity contribution in [3.8, 4) is 0 Å². The van der Waals surface area contributed by atoms with E-state index < -0.39 is 6.10 Å². The molecule has 2 aliphatic carbocycles. The molecule has 1 saturated carbocycles. The quantitative estimate of drug-likeness (QED) is 0.851. The Hall–Kier alpha value is -1.24. The SMILES string of the molecule is COCC(O)CNc1nc(C2CC2)nc2sc3c(c12)CCCC3. The fraction of sp³-hybridized carbons (Fsp3) is 0.647. The van der Waals surface area contributed by atoms with Crippen LogP contribution in [-0.2, 0) is 17.6 Å². The average molecular weight is 333 g/mol. The Morgan fingerprint density at radius 3 is 2.91 bits per heavy atom. The van der Waals surface area contributed by atoms with Crippen LogP contribution in [0, 0.1) is 0 Å². The van der Waals surface area contributed by atoms with Crippen molar-refractivity contribution >= 4 is 27.4 Å². The standard InChI is InChI=1S/C17H23N3O2S/c1-22-9-11(21)8-18-16-14-12-4-2-3-5-13(12)23-17(14)20-15(19-16)10-6-7-10/h10-11,21H,2-9H2,1H3,(H,18,19,20). The molecule has 1 fully saturated rings. The number of aliphatic hydroxyl groups excluding tert-OH is 1. The molecule has 2 aromatic rings.